The van der Waals surface area contributed by atoms with Gasteiger partial charge in [0.05, 0.1) is 6.54 Å². The van der Waals surface area contributed by atoms with E-state index in [2.05, 4.69) is 15.2 Å². The van der Waals surface area contributed by atoms with Gasteiger partial charge in [0.25, 0.3) is 5.89 Å². The zero-order valence-electron chi connectivity index (χ0n) is 7.77. The van der Waals surface area contributed by atoms with E-state index in [4.69, 9.17) is 10.2 Å². The van der Waals surface area contributed by atoms with Gasteiger partial charge in [0.1, 0.15) is 5.69 Å². The van der Waals surface area contributed by atoms with Crippen LogP contribution in [0.1, 0.15) is 11.5 Å². The molecule has 5 nitrogen and oxygen atoms in total. The summed E-state index contributed by atoms with van der Waals surface area (Å²) in [7, 11) is 0. The summed E-state index contributed by atoms with van der Waals surface area (Å²) in [5, 5.41) is 7.63. The van der Waals surface area contributed by atoms with Crippen molar-refractivity contribution in [3.8, 4) is 11.6 Å². The van der Waals surface area contributed by atoms with Gasteiger partial charge in [-0.15, -0.1) is 10.2 Å². The largest absolute Gasteiger partial charge is 0.418 e. The van der Waals surface area contributed by atoms with Gasteiger partial charge in [-0.3, -0.25) is 4.98 Å². The van der Waals surface area contributed by atoms with Gasteiger partial charge in [-0.1, -0.05) is 6.07 Å². The smallest absolute Gasteiger partial charge is 0.266 e. The van der Waals surface area contributed by atoms with E-state index in [-0.39, 0.29) is 6.54 Å². The molecule has 0 aliphatic heterocycles. The summed E-state index contributed by atoms with van der Waals surface area (Å²) >= 11 is 0. The summed E-state index contributed by atoms with van der Waals surface area (Å²) in [5.41, 5.74) is 7.07. The molecule has 0 atom stereocenters. The maximum Gasteiger partial charge on any atom is 0.266 e. The van der Waals surface area contributed by atoms with Crippen molar-refractivity contribution in [1.29, 1.82) is 0 Å². The minimum atomic E-state index is 0.249. The molecule has 0 aromatic carbocycles. The van der Waals surface area contributed by atoms with Crippen molar-refractivity contribution in [3.63, 3.8) is 0 Å². The Morgan fingerprint density at radius 2 is 2.29 bits per heavy atom. The standard InChI is InChI=1S/C9H10N4O/c1-6-3-2-4-11-8(6)9-13-12-7(5-10)14-9/h2-4H,5,10H2,1H3. The topological polar surface area (TPSA) is 77.8 Å². The summed E-state index contributed by atoms with van der Waals surface area (Å²) in [6, 6.07) is 3.80. The monoisotopic (exact) mass is 190 g/mol. The van der Waals surface area contributed by atoms with Gasteiger partial charge in [-0.25, -0.2) is 0 Å². The van der Waals surface area contributed by atoms with E-state index in [0.717, 1.165) is 5.56 Å². The molecule has 5 heteroatoms. The fraction of sp³-hybridized carbons (Fsp3) is 0.222. The Balaban J connectivity index is 2.44. The lowest BCUT2D eigenvalue weighted by atomic mass is 10.2. The van der Waals surface area contributed by atoms with E-state index in [0.29, 0.717) is 17.5 Å². The second-order valence-electron chi connectivity index (χ2n) is 2.87. The molecule has 0 aliphatic carbocycles. The van der Waals surface area contributed by atoms with Gasteiger partial charge in [0, 0.05) is 6.20 Å². The van der Waals surface area contributed by atoms with Gasteiger partial charge in [0.2, 0.25) is 5.89 Å². The Labute approximate surface area is 81.0 Å². The van der Waals surface area contributed by atoms with Crippen LogP contribution in [0.2, 0.25) is 0 Å². The summed E-state index contributed by atoms with van der Waals surface area (Å²) in [5.74, 6) is 0.841. The fourth-order valence-corrected chi connectivity index (χ4v) is 1.14. The van der Waals surface area contributed by atoms with Gasteiger partial charge in [-0.2, -0.15) is 0 Å². The highest BCUT2D eigenvalue weighted by Gasteiger charge is 2.10. The van der Waals surface area contributed by atoms with Crippen molar-refractivity contribution < 1.29 is 4.42 Å². The number of aryl methyl sites for hydroxylation is 1. The molecule has 0 bridgehead atoms. The molecular formula is C9H10N4O. The Hall–Kier alpha value is -1.75. The first-order valence-corrected chi connectivity index (χ1v) is 4.25. The molecule has 2 heterocycles. The summed E-state index contributed by atoms with van der Waals surface area (Å²) in [4.78, 5) is 4.16. The number of hydrogen-bond donors (Lipinski definition) is 1. The lowest BCUT2D eigenvalue weighted by Crippen LogP contribution is -1.95. The van der Waals surface area contributed by atoms with E-state index in [9.17, 15) is 0 Å². The Kier molecular flexibility index (Phi) is 2.24. The van der Waals surface area contributed by atoms with E-state index in [1.165, 1.54) is 0 Å². The molecule has 2 rings (SSSR count). The maximum atomic E-state index is 5.36. The van der Waals surface area contributed by atoms with Crippen LogP contribution >= 0.6 is 0 Å². The van der Waals surface area contributed by atoms with Gasteiger partial charge < -0.3 is 10.2 Å². The van der Waals surface area contributed by atoms with Gasteiger partial charge in [0.15, 0.2) is 0 Å². The summed E-state index contributed by atoms with van der Waals surface area (Å²) in [6.07, 6.45) is 1.69. The normalized spacial score (nSPS) is 10.4. The minimum absolute atomic E-state index is 0.249. The van der Waals surface area contributed by atoms with Crippen molar-refractivity contribution >= 4 is 0 Å². The molecule has 2 aromatic rings. The average Bonchev–Trinajstić information content (AvgIpc) is 2.67. The highest BCUT2D eigenvalue weighted by atomic mass is 16.4. The highest BCUT2D eigenvalue weighted by molar-refractivity contribution is 5.51. The maximum absolute atomic E-state index is 5.36. The molecular weight excluding hydrogens is 180 g/mol. The molecule has 0 unspecified atom stereocenters. The second kappa shape index (κ2) is 3.55. The van der Waals surface area contributed by atoms with Crippen LogP contribution in [0.4, 0.5) is 0 Å². The molecule has 0 saturated carbocycles. The Morgan fingerprint density at radius 1 is 1.43 bits per heavy atom. The van der Waals surface area contributed by atoms with Gasteiger partial charge in [-0.05, 0) is 18.6 Å². The lowest BCUT2D eigenvalue weighted by Gasteiger charge is -1.96. The number of nitrogens with two attached hydrogens (primary N) is 1. The number of hydrogen-bond acceptors (Lipinski definition) is 5. The third-order valence-electron chi connectivity index (χ3n) is 1.85. The second-order valence-corrected chi connectivity index (χ2v) is 2.87. The highest BCUT2D eigenvalue weighted by Crippen LogP contribution is 2.18. The van der Waals surface area contributed by atoms with Crippen molar-refractivity contribution in [2.75, 3.05) is 0 Å². The van der Waals surface area contributed by atoms with E-state index >= 15 is 0 Å². The molecule has 0 aliphatic rings. The quantitative estimate of drug-likeness (QED) is 0.761. The molecule has 2 aromatic heterocycles. The zero-order chi connectivity index (χ0) is 9.97. The molecule has 0 saturated heterocycles. The van der Waals surface area contributed by atoms with Crippen LogP contribution in [0.15, 0.2) is 22.7 Å². The lowest BCUT2D eigenvalue weighted by molar-refractivity contribution is 0.507. The third-order valence-corrected chi connectivity index (χ3v) is 1.85. The molecule has 14 heavy (non-hydrogen) atoms. The summed E-state index contributed by atoms with van der Waals surface area (Å²) in [6.45, 7) is 2.19. The van der Waals surface area contributed by atoms with E-state index in [1.807, 2.05) is 19.1 Å². The number of pyridine rings is 1. The van der Waals surface area contributed by atoms with Crippen molar-refractivity contribution in [2.24, 2.45) is 5.73 Å². The first-order valence-electron chi connectivity index (χ1n) is 4.25. The van der Waals surface area contributed by atoms with E-state index in [1.54, 1.807) is 6.20 Å². The van der Waals surface area contributed by atoms with Gasteiger partial charge >= 0.3 is 0 Å². The van der Waals surface area contributed by atoms with Crippen LogP contribution in [-0.4, -0.2) is 15.2 Å². The SMILES string of the molecule is Cc1cccnc1-c1nnc(CN)o1. The third kappa shape index (κ3) is 1.49. The predicted molar refractivity (Wildman–Crippen MR) is 50.2 cm³/mol. The predicted octanol–water partition coefficient (Wildman–Crippen LogP) is 0.899. The first-order chi connectivity index (χ1) is 6.81. The Morgan fingerprint density at radius 3 is 2.93 bits per heavy atom. The number of nitrogens with zero attached hydrogens (tertiary/aromatic N) is 3. The molecule has 2 N–H and O–H groups in total. The number of aromatic nitrogens is 3. The van der Waals surface area contributed by atoms with Crippen LogP contribution in [-0.2, 0) is 6.54 Å². The summed E-state index contributed by atoms with van der Waals surface area (Å²) < 4.78 is 5.29. The fourth-order valence-electron chi connectivity index (χ4n) is 1.14. The molecule has 0 fully saturated rings. The van der Waals surface area contributed by atoms with Crippen LogP contribution < -0.4 is 5.73 Å². The molecule has 0 amide bonds. The first kappa shape index (κ1) is 8.83. The van der Waals surface area contributed by atoms with Crippen molar-refractivity contribution in [1.82, 2.24) is 15.2 Å². The van der Waals surface area contributed by atoms with E-state index < -0.39 is 0 Å². The van der Waals surface area contributed by atoms with Crippen molar-refractivity contribution in [3.05, 3.63) is 29.8 Å². The zero-order valence-corrected chi connectivity index (χ0v) is 7.77. The minimum Gasteiger partial charge on any atom is -0.418 e. The average molecular weight is 190 g/mol. The number of rotatable bonds is 2. The van der Waals surface area contributed by atoms with Crippen LogP contribution in [0, 0.1) is 6.92 Å². The van der Waals surface area contributed by atoms with Crippen LogP contribution in [0.25, 0.3) is 11.6 Å². The van der Waals surface area contributed by atoms with Crippen LogP contribution in [0.3, 0.4) is 0 Å². The van der Waals surface area contributed by atoms with Crippen LogP contribution in [0.5, 0.6) is 0 Å². The molecule has 0 spiro atoms. The molecule has 72 valence electrons. The van der Waals surface area contributed by atoms with Crippen molar-refractivity contribution in [2.45, 2.75) is 13.5 Å². The Bertz CT molecular complexity index is 438. The molecule has 0 radical (unpaired) electrons.